The number of ether oxygens (including phenoxy) is 1. The number of anilines is 1. The van der Waals surface area contributed by atoms with E-state index >= 15 is 0 Å². The van der Waals surface area contributed by atoms with Crippen molar-refractivity contribution in [2.75, 3.05) is 11.9 Å². The molecule has 4 N–H and O–H groups in total. The minimum Gasteiger partial charge on any atom is -0.394 e. The van der Waals surface area contributed by atoms with Gasteiger partial charge in [-0.15, -0.1) is 0 Å². The lowest BCUT2D eigenvalue weighted by atomic mass is 10.1. The van der Waals surface area contributed by atoms with Crippen molar-refractivity contribution in [2.45, 2.75) is 37.3 Å². The quantitative estimate of drug-likeness (QED) is 0.478. The summed E-state index contributed by atoms with van der Waals surface area (Å²) in [6, 6.07) is 8.98. The molecule has 4 atom stereocenters. The molecule has 1 fully saturated rings. The predicted molar refractivity (Wildman–Crippen MR) is 97.1 cm³/mol. The summed E-state index contributed by atoms with van der Waals surface area (Å²) >= 11 is 0. The number of fused-ring (bicyclic) bond motifs is 1. The van der Waals surface area contributed by atoms with E-state index < -0.39 is 48.5 Å². The van der Waals surface area contributed by atoms with Crippen molar-refractivity contribution in [1.29, 1.82) is 0 Å². The van der Waals surface area contributed by atoms with E-state index in [1.54, 1.807) is 24.3 Å². The van der Waals surface area contributed by atoms with Crippen LogP contribution in [0.25, 0.3) is 11.2 Å². The second kappa shape index (κ2) is 7.80. The maximum Gasteiger partial charge on any atom is 0.435 e. The van der Waals surface area contributed by atoms with Crippen LogP contribution in [0.15, 0.2) is 36.7 Å². The monoisotopic (exact) mass is 425 g/mol. The van der Waals surface area contributed by atoms with Crippen LogP contribution < -0.4 is 5.32 Å². The number of hydrogen-bond acceptors (Lipinski definition) is 8. The molecule has 4 rings (SSSR count). The van der Waals surface area contributed by atoms with Gasteiger partial charge < -0.3 is 25.4 Å². The maximum atomic E-state index is 13.6. The number of aliphatic hydroxyl groups excluding tert-OH is 3. The molecule has 1 aliphatic heterocycles. The number of nitrogens with one attached hydrogen (secondary N) is 1. The van der Waals surface area contributed by atoms with E-state index in [-0.39, 0.29) is 18.1 Å². The Morgan fingerprint density at radius 3 is 2.47 bits per heavy atom. The molecule has 1 aliphatic rings. The van der Waals surface area contributed by atoms with E-state index in [9.17, 15) is 28.5 Å². The summed E-state index contributed by atoms with van der Waals surface area (Å²) in [4.78, 5) is 11.5. The van der Waals surface area contributed by atoms with E-state index in [1.165, 1.54) is 0 Å². The molecule has 0 spiro atoms. The van der Waals surface area contributed by atoms with Crippen molar-refractivity contribution >= 4 is 17.1 Å². The normalized spacial score (nSPS) is 24.5. The average Bonchev–Trinajstić information content (AvgIpc) is 3.27. The fourth-order valence-electron chi connectivity index (χ4n) is 3.27. The van der Waals surface area contributed by atoms with Crippen LogP contribution in [0.1, 0.15) is 17.5 Å². The van der Waals surface area contributed by atoms with Gasteiger partial charge in [-0.05, 0) is 5.56 Å². The Morgan fingerprint density at radius 1 is 1.10 bits per heavy atom. The summed E-state index contributed by atoms with van der Waals surface area (Å²) in [5, 5.41) is 32.2. The molecular weight excluding hydrogens is 407 g/mol. The van der Waals surface area contributed by atoms with Gasteiger partial charge in [-0.1, -0.05) is 30.3 Å². The number of alkyl halides is 3. The summed E-state index contributed by atoms with van der Waals surface area (Å²) in [5.74, 6) is -0.285. The zero-order chi connectivity index (χ0) is 21.5. The standard InChI is InChI=1S/C18H18F3N5O4/c19-18(20,21)14-11-15(25-17(24-14)22-6-9-4-2-1-3-5-9)26(8-23-11)16-13(29)12(28)10(7-27)30-16/h1-5,8,10,12-13,16,27-29H,6-7H2,(H,22,24,25)/t10-,12-,13-,16-/m1/s1. The fourth-order valence-corrected chi connectivity index (χ4v) is 3.27. The third kappa shape index (κ3) is 3.69. The number of rotatable bonds is 5. The van der Waals surface area contributed by atoms with E-state index in [0.29, 0.717) is 0 Å². The molecule has 9 nitrogen and oxygen atoms in total. The first-order chi connectivity index (χ1) is 14.3. The van der Waals surface area contributed by atoms with Crippen molar-refractivity contribution in [3.63, 3.8) is 0 Å². The molecule has 12 heteroatoms. The van der Waals surface area contributed by atoms with Gasteiger partial charge in [0.1, 0.15) is 23.8 Å². The summed E-state index contributed by atoms with van der Waals surface area (Å²) in [5.41, 5.74) is -1.19. The summed E-state index contributed by atoms with van der Waals surface area (Å²) in [6.45, 7) is -0.389. The highest BCUT2D eigenvalue weighted by atomic mass is 19.4. The Morgan fingerprint density at radius 2 is 1.83 bits per heavy atom. The van der Waals surface area contributed by atoms with Crippen LogP contribution in [-0.2, 0) is 17.5 Å². The minimum atomic E-state index is -4.80. The number of imidazole rings is 1. The lowest BCUT2D eigenvalue weighted by Crippen LogP contribution is -2.33. The first-order valence-corrected chi connectivity index (χ1v) is 9.01. The first kappa shape index (κ1) is 20.5. The molecule has 0 saturated carbocycles. The van der Waals surface area contributed by atoms with Crippen molar-refractivity contribution in [2.24, 2.45) is 0 Å². The number of benzene rings is 1. The summed E-state index contributed by atoms with van der Waals surface area (Å²) in [7, 11) is 0. The number of aliphatic hydroxyl groups is 3. The lowest BCUT2D eigenvalue weighted by Gasteiger charge is -2.17. The molecule has 0 unspecified atom stereocenters. The molecule has 3 aromatic rings. The second-order valence-electron chi connectivity index (χ2n) is 6.79. The molecule has 0 amide bonds. The van der Waals surface area contributed by atoms with Gasteiger partial charge in [0.15, 0.2) is 17.6 Å². The highest BCUT2D eigenvalue weighted by Gasteiger charge is 2.45. The number of nitrogens with zero attached hydrogens (tertiary/aromatic N) is 4. The average molecular weight is 425 g/mol. The van der Waals surface area contributed by atoms with Gasteiger partial charge in [-0.3, -0.25) is 4.57 Å². The van der Waals surface area contributed by atoms with Gasteiger partial charge in [-0.25, -0.2) is 9.97 Å². The Bertz CT molecular complexity index is 1030. The Labute approximate surface area is 167 Å². The zero-order valence-electron chi connectivity index (χ0n) is 15.4. The zero-order valence-corrected chi connectivity index (χ0v) is 15.4. The Kier molecular flexibility index (Phi) is 5.32. The van der Waals surface area contributed by atoms with E-state index in [2.05, 4.69) is 20.3 Å². The van der Waals surface area contributed by atoms with Gasteiger partial charge >= 0.3 is 6.18 Å². The third-order valence-corrected chi connectivity index (χ3v) is 4.77. The van der Waals surface area contributed by atoms with E-state index in [4.69, 9.17) is 4.74 Å². The van der Waals surface area contributed by atoms with Gasteiger partial charge in [0, 0.05) is 6.54 Å². The van der Waals surface area contributed by atoms with Crippen LogP contribution in [0.3, 0.4) is 0 Å². The van der Waals surface area contributed by atoms with Gasteiger partial charge in [0.2, 0.25) is 5.95 Å². The van der Waals surface area contributed by atoms with Gasteiger partial charge in [-0.2, -0.15) is 18.2 Å². The Hall–Kier alpha value is -2.80. The SMILES string of the molecule is OC[C@H]1O[C@@H](n2cnc3c(C(F)(F)F)nc(NCc4ccccc4)nc32)[C@H](O)[C@@H]1O. The van der Waals surface area contributed by atoms with Crippen LogP contribution >= 0.6 is 0 Å². The van der Waals surface area contributed by atoms with Crippen LogP contribution in [0.5, 0.6) is 0 Å². The highest BCUT2D eigenvalue weighted by Crippen LogP contribution is 2.36. The molecule has 0 aliphatic carbocycles. The van der Waals surface area contributed by atoms with Crippen molar-refractivity contribution in [3.8, 4) is 0 Å². The van der Waals surface area contributed by atoms with Crippen LogP contribution in [-0.4, -0.2) is 59.8 Å². The minimum absolute atomic E-state index is 0.186. The number of aromatic nitrogens is 4. The van der Waals surface area contributed by atoms with E-state index in [0.717, 1.165) is 16.5 Å². The second-order valence-corrected chi connectivity index (χ2v) is 6.79. The molecular formula is C18H18F3N5O4. The molecule has 1 saturated heterocycles. The molecule has 2 aromatic heterocycles. The smallest absolute Gasteiger partial charge is 0.394 e. The largest absolute Gasteiger partial charge is 0.435 e. The van der Waals surface area contributed by atoms with Crippen LogP contribution in [0, 0.1) is 0 Å². The molecule has 0 radical (unpaired) electrons. The summed E-state index contributed by atoms with van der Waals surface area (Å²) in [6.07, 6.45) is -9.06. The number of halogens is 3. The Balaban J connectivity index is 1.74. The molecule has 3 heterocycles. The highest BCUT2D eigenvalue weighted by molar-refractivity contribution is 5.75. The molecule has 160 valence electrons. The molecule has 1 aromatic carbocycles. The van der Waals surface area contributed by atoms with Gasteiger partial charge in [0.25, 0.3) is 0 Å². The topological polar surface area (TPSA) is 126 Å². The lowest BCUT2D eigenvalue weighted by molar-refractivity contribution is -0.139. The maximum absolute atomic E-state index is 13.6. The van der Waals surface area contributed by atoms with E-state index in [1.807, 2.05) is 6.07 Å². The fraction of sp³-hybridized carbons (Fsp3) is 0.389. The van der Waals surface area contributed by atoms with Crippen molar-refractivity contribution < 1.29 is 33.2 Å². The molecule has 30 heavy (non-hydrogen) atoms. The van der Waals surface area contributed by atoms with Crippen molar-refractivity contribution in [3.05, 3.63) is 47.9 Å². The van der Waals surface area contributed by atoms with Crippen LogP contribution in [0.2, 0.25) is 0 Å². The van der Waals surface area contributed by atoms with Gasteiger partial charge in [0.05, 0.1) is 12.9 Å². The third-order valence-electron chi connectivity index (χ3n) is 4.77. The van der Waals surface area contributed by atoms with Crippen molar-refractivity contribution in [1.82, 2.24) is 19.5 Å². The van der Waals surface area contributed by atoms with Crippen LogP contribution in [0.4, 0.5) is 19.1 Å². The number of hydrogen-bond donors (Lipinski definition) is 4. The predicted octanol–water partition coefficient (Wildman–Crippen LogP) is 1.07. The molecule has 0 bridgehead atoms. The first-order valence-electron chi connectivity index (χ1n) is 9.01. The summed E-state index contributed by atoms with van der Waals surface area (Å²) < 4.78 is 47.2.